The summed E-state index contributed by atoms with van der Waals surface area (Å²) in [6, 6.07) is 9.66. The van der Waals surface area contributed by atoms with E-state index in [4.69, 9.17) is 4.74 Å². The zero-order valence-electron chi connectivity index (χ0n) is 14.5. The number of benzene rings is 1. The van der Waals surface area contributed by atoms with Crippen LogP contribution in [-0.4, -0.2) is 40.2 Å². The predicted octanol–water partition coefficient (Wildman–Crippen LogP) is 3.59. The lowest BCUT2D eigenvalue weighted by Crippen LogP contribution is -2.44. The van der Waals surface area contributed by atoms with Crippen LogP contribution in [0.2, 0.25) is 0 Å². The minimum absolute atomic E-state index is 0.443. The van der Waals surface area contributed by atoms with Gasteiger partial charge in [-0.15, -0.1) is 0 Å². The first-order valence-corrected chi connectivity index (χ1v) is 8.89. The van der Waals surface area contributed by atoms with Crippen LogP contribution in [0.15, 0.2) is 36.7 Å². The van der Waals surface area contributed by atoms with Gasteiger partial charge in [0.1, 0.15) is 0 Å². The molecule has 1 aromatic heterocycles. The average molecular weight is 323 g/mol. The summed E-state index contributed by atoms with van der Waals surface area (Å²) in [6.45, 7) is 3.05. The van der Waals surface area contributed by atoms with Gasteiger partial charge in [-0.3, -0.25) is 4.90 Å². The molecule has 3 heterocycles. The Hall–Kier alpha value is -1.78. The summed E-state index contributed by atoms with van der Waals surface area (Å²) in [6.07, 6.45) is 9.35. The first kappa shape index (κ1) is 15.7. The van der Waals surface area contributed by atoms with E-state index >= 15 is 0 Å². The maximum absolute atomic E-state index is 5.59. The molecule has 3 atom stereocenters. The van der Waals surface area contributed by atoms with Gasteiger partial charge in [-0.1, -0.05) is 23.8 Å². The molecule has 0 amide bonds. The van der Waals surface area contributed by atoms with Gasteiger partial charge in [-0.2, -0.15) is 0 Å². The summed E-state index contributed by atoms with van der Waals surface area (Å²) in [5, 5.41) is 0. The number of rotatable bonds is 4. The van der Waals surface area contributed by atoms with Crippen molar-refractivity contribution in [2.75, 3.05) is 7.11 Å². The van der Waals surface area contributed by atoms with Gasteiger partial charge in [0.25, 0.3) is 0 Å². The summed E-state index contributed by atoms with van der Waals surface area (Å²) in [5.74, 6) is 0.809. The molecule has 1 aromatic carbocycles. The van der Waals surface area contributed by atoms with Crippen molar-refractivity contribution < 1.29 is 4.74 Å². The van der Waals surface area contributed by atoms with E-state index in [-0.39, 0.29) is 0 Å². The molecule has 2 saturated heterocycles. The Balaban J connectivity index is 1.47. The van der Waals surface area contributed by atoms with Crippen LogP contribution in [0.25, 0.3) is 11.4 Å². The molecule has 1 unspecified atom stereocenters. The largest absolute Gasteiger partial charge is 0.381 e. The standard InChI is InChI=1S/C20H25N3O/c1-14-4-3-5-16(8-14)20-21-11-15(12-22-20)13-23-17-6-7-18(23)10-19(9-17)24-2/h3-5,8,11-12,17-19H,6-7,9-10,13H2,1-2H3/t17-,18+,19?. The minimum Gasteiger partial charge on any atom is -0.381 e. The number of methoxy groups -OCH3 is 1. The maximum atomic E-state index is 5.59. The summed E-state index contributed by atoms with van der Waals surface area (Å²) >= 11 is 0. The Morgan fingerprint density at radius 3 is 2.46 bits per heavy atom. The molecule has 4 rings (SSSR count). The molecule has 2 fully saturated rings. The number of piperidine rings is 1. The Morgan fingerprint density at radius 1 is 1.12 bits per heavy atom. The highest BCUT2D eigenvalue weighted by Crippen LogP contribution is 2.37. The van der Waals surface area contributed by atoms with Crippen LogP contribution in [0.4, 0.5) is 0 Å². The third-order valence-electron chi connectivity index (χ3n) is 5.52. The molecule has 0 saturated carbocycles. The van der Waals surface area contributed by atoms with Crippen molar-refractivity contribution in [2.24, 2.45) is 0 Å². The Labute approximate surface area is 143 Å². The molecular weight excluding hydrogens is 298 g/mol. The maximum Gasteiger partial charge on any atom is 0.159 e. The second kappa shape index (κ2) is 6.61. The smallest absolute Gasteiger partial charge is 0.159 e. The third kappa shape index (κ3) is 3.08. The second-order valence-electron chi connectivity index (χ2n) is 7.17. The fourth-order valence-corrected chi connectivity index (χ4v) is 4.26. The number of fused-ring (bicyclic) bond motifs is 2. The van der Waals surface area contributed by atoms with Gasteiger partial charge < -0.3 is 4.74 Å². The van der Waals surface area contributed by atoms with E-state index in [1.165, 1.54) is 24.0 Å². The highest BCUT2D eigenvalue weighted by atomic mass is 16.5. The summed E-state index contributed by atoms with van der Waals surface area (Å²) in [5.41, 5.74) is 3.53. The van der Waals surface area contributed by atoms with Crippen LogP contribution >= 0.6 is 0 Å². The zero-order chi connectivity index (χ0) is 16.5. The molecule has 2 aliphatic heterocycles. The van der Waals surface area contributed by atoms with E-state index in [1.54, 1.807) is 0 Å². The van der Waals surface area contributed by atoms with Crippen molar-refractivity contribution in [3.63, 3.8) is 0 Å². The minimum atomic E-state index is 0.443. The van der Waals surface area contributed by atoms with E-state index in [0.717, 1.165) is 30.8 Å². The highest BCUT2D eigenvalue weighted by molar-refractivity contribution is 5.55. The Morgan fingerprint density at radius 2 is 1.83 bits per heavy atom. The third-order valence-corrected chi connectivity index (χ3v) is 5.52. The van der Waals surface area contributed by atoms with Crippen molar-refractivity contribution in [2.45, 2.75) is 57.3 Å². The molecule has 24 heavy (non-hydrogen) atoms. The van der Waals surface area contributed by atoms with Gasteiger partial charge >= 0.3 is 0 Å². The first-order valence-electron chi connectivity index (χ1n) is 8.89. The van der Waals surface area contributed by atoms with E-state index < -0.39 is 0 Å². The SMILES string of the molecule is COC1C[C@H]2CC[C@@H](C1)N2Cc1cnc(-c2cccc(C)c2)nc1. The van der Waals surface area contributed by atoms with E-state index in [9.17, 15) is 0 Å². The monoisotopic (exact) mass is 323 g/mol. The molecule has 2 bridgehead atoms. The van der Waals surface area contributed by atoms with E-state index in [2.05, 4.69) is 46.1 Å². The molecule has 0 radical (unpaired) electrons. The molecule has 4 nitrogen and oxygen atoms in total. The second-order valence-corrected chi connectivity index (χ2v) is 7.17. The molecule has 4 heteroatoms. The van der Waals surface area contributed by atoms with Gasteiger partial charge in [0, 0.05) is 49.3 Å². The molecule has 126 valence electrons. The molecule has 0 aliphatic carbocycles. The van der Waals surface area contributed by atoms with Crippen molar-refractivity contribution >= 4 is 0 Å². The molecular formula is C20H25N3O. The van der Waals surface area contributed by atoms with Gasteiger partial charge in [0.05, 0.1) is 6.10 Å². The summed E-state index contributed by atoms with van der Waals surface area (Å²) < 4.78 is 5.59. The number of ether oxygens (including phenoxy) is 1. The predicted molar refractivity (Wildman–Crippen MR) is 94.6 cm³/mol. The lowest BCUT2D eigenvalue weighted by molar-refractivity contribution is 0.00245. The normalized spacial score (nSPS) is 26.7. The number of hydrogen-bond acceptors (Lipinski definition) is 4. The van der Waals surface area contributed by atoms with Crippen LogP contribution in [0.3, 0.4) is 0 Å². The quantitative estimate of drug-likeness (QED) is 0.862. The molecule has 2 aliphatic rings. The van der Waals surface area contributed by atoms with Gasteiger partial charge in [0.15, 0.2) is 5.82 Å². The van der Waals surface area contributed by atoms with E-state index in [0.29, 0.717) is 18.2 Å². The van der Waals surface area contributed by atoms with Crippen LogP contribution in [0, 0.1) is 6.92 Å². The number of hydrogen-bond donors (Lipinski definition) is 0. The molecule has 0 N–H and O–H groups in total. The van der Waals surface area contributed by atoms with Gasteiger partial charge in [0.2, 0.25) is 0 Å². The van der Waals surface area contributed by atoms with Crippen molar-refractivity contribution in [3.8, 4) is 11.4 Å². The van der Waals surface area contributed by atoms with Crippen LogP contribution in [-0.2, 0) is 11.3 Å². The van der Waals surface area contributed by atoms with Crippen molar-refractivity contribution in [1.29, 1.82) is 0 Å². The number of aryl methyl sites for hydroxylation is 1. The molecule has 0 spiro atoms. The fraction of sp³-hybridized carbons (Fsp3) is 0.500. The Kier molecular flexibility index (Phi) is 4.33. The first-order chi connectivity index (χ1) is 11.7. The van der Waals surface area contributed by atoms with Gasteiger partial charge in [-0.25, -0.2) is 9.97 Å². The lowest BCUT2D eigenvalue weighted by Gasteiger charge is -2.38. The van der Waals surface area contributed by atoms with Crippen molar-refractivity contribution in [1.82, 2.24) is 14.9 Å². The topological polar surface area (TPSA) is 38.2 Å². The van der Waals surface area contributed by atoms with E-state index in [1.807, 2.05) is 19.5 Å². The van der Waals surface area contributed by atoms with Crippen LogP contribution in [0.1, 0.15) is 36.8 Å². The fourth-order valence-electron chi connectivity index (χ4n) is 4.26. The number of aromatic nitrogens is 2. The van der Waals surface area contributed by atoms with Crippen molar-refractivity contribution in [3.05, 3.63) is 47.8 Å². The zero-order valence-corrected chi connectivity index (χ0v) is 14.5. The average Bonchev–Trinajstić information content (AvgIpc) is 2.84. The summed E-state index contributed by atoms with van der Waals surface area (Å²) in [7, 11) is 1.84. The highest BCUT2D eigenvalue weighted by Gasteiger charge is 2.40. The lowest BCUT2D eigenvalue weighted by atomic mass is 9.99. The van der Waals surface area contributed by atoms with Crippen LogP contribution < -0.4 is 0 Å². The molecule has 2 aromatic rings. The van der Waals surface area contributed by atoms with Gasteiger partial charge in [-0.05, 0) is 38.7 Å². The van der Waals surface area contributed by atoms with Crippen LogP contribution in [0.5, 0.6) is 0 Å². The summed E-state index contributed by atoms with van der Waals surface area (Å²) in [4.78, 5) is 11.8. The number of nitrogens with zero attached hydrogens (tertiary/aromatic N) is 3. The Bertz CT molecular complexity index is 686.